The van der Waals surface area contributed by atoms with Crippen molar-refractivity contribution in [2.24, 2.45) is 11.3 Å². The van der Waals surface area contributed by atoms with Crippen LogP contribution in [0.5, 0.6) is 0 Å². The fraction of sp³-hybridized carbons (Fsp3) is 0.909. The summed E-state index contributed by atoms with van der Waals surface area (Å²) in [6.07, 6.45) is 4.79. The highest BCUT2D eigenvalue weighted by Gasteiger charge is 2.48. The van der Waals surface area contributed by atoms with E-state index in [2.05, 4.69) is 0 Å². The normalized spacial score (nSPS) is 28.9. The summed E-state index contributed by atoms with van der Waals surface area (Å²) in [5.41, 5.74) is 0.205. The average molecular weight is 232 g/mol. The molecule has 1 saturated heterocycles. The lowest BCUT2D eigenvalue weighted by Crippen LogP contribution is -2.32. The smallest absolute Gasteiger partial charge is 0.237 e. The zero-order valence-corrected chi connectivity index (χ0v) is 9.67. The molecule has 0 aromatic heterocycles. The number of carbonyl (C=O) groups excluding carboxylic acids is 1. The molecule has 1 atom stereocenters. The number of nitrogens with zero attached hydrogens (tertiary/aromatic N) is 1. The van der Waals surface area contributed by atoms with E-state index in [1.807, 2.05) is 4.90 Å². The Bertz CT molecular complexity index is 251. The van der Waals surface area contributed by atoms with Crippen LogP contribution in [0.1, 0.15) is 25.7 Å². The number of halogens is 1. The van der Waals surface area contributed by atoms with Gasteiger partial charge in [0, 0.05) is 25.6 Å². The van der Waals surface area contributed by atoms with Gasteiger partial charge >= 0.3 is 0 Å². The first-order chi connectivity index (χ1) is 7.22. The Morgan fingerprint density at radius 1 is 1.47 bits per heavy atom. The van der Waals surface area contributed by atoms with Crippen molar-refractivity contribution >= 4 is 17.5 Å². The SMILES string of the molecule is O=C(CCl)N1C[C@@H](CO)C2(CCCC2)C1. The second kappa shape index (κ2) is 4.30. The first-order valence-electron chi connectivity index (χ1n) is 5.66. The van der Waals surface area contributed by atoms with Gasteiger partial charge in [0.05, 0.1) is 0 Å². The highest BCUT2D eigenvalue weighted by molar-refractivity contribution is 6.27. The van der Waals surface area contributed by atoms with Gasteiger partial charge in [0.25, 0.3) is 0 Å². The van der Waals surface area contributed by atoms with Gasteiger partial charge in [-0.2, -0.15) is 0 Å². The molecule has 1 heterocycles. The number of aliphatic hydroxyl groups excluding tert-OH is 1. The van der Waals surface area contributed by atoms with E-state index in [0.717, 1.165) is 19.4 Å². The summed E-state index contributed by atoms with van der Waals surface area (Å²) < 4.78 is 0. The number of hydrogen-bond donors (Lipinski definition) is 1. The van der Waals surface area contributed by atoms with Gasteiger partial charge in [0.1, 0.15) is 5.88 Å². The fourth-order valence-electron chi connectivity index (χ4n) is 3.20. The molecule has 3 nitrogen and oxygen atoms in total. The van der Waals surface area contributed by atoms with Gasteiger partial charge in [-0.25, -0.2) is 0 Å². The molecule has 1 spiro atoms. The first kappa shape index (κ1) is 11.2. The molecule has 2 aliphatic rings. The summed E-state index contributed by atoms with van der Waals surface area (Å²) >= 11 is 5.56. The van der Waals surface area contributed by atoms with Crippen molar-refractivity contribution in [2.75, 3.05) is 25.6 Å². The van der Waals surface area contributed by atoms with Gasteiger partial charge < -0.3 is 10.0 Å². The van der Waals surface area contributed by atoms with Crippen LogP contribution in [0.4, 0.5) is 0 Å². The van der Waals surface area contributed by atoms with Crippen molar-refractivity contribution in [3.8, 4) is 0 Å². The number of rotatable bonds is 2. The van der Waals surface area contributed by atoms with Crippen molar-refractivity contribution in [3.05, 3.63) is 0 Å². The van der Waals surface area contributed by atoms with E-state index in [0.29, 0.717) is 6.54 Å². The van der Waals surface area contributed by atoms with E-state index < -0.39 is 0 Å². The quantitative estimate of drug-likeness (QED) is 0.727. The number of aliphatic hydroxyl groups is 1. The van der Waals surface area contributed by atoms with Gasteiger partial charge in [-0.1, -0.05) is 12.8 Å². The largest absolute Gasteiger partial charge is 0.396 e. The lowest BCUT2D eigenvalue weighted by molar-refractivity contribution is -0.127. The van der Waals surface area contributed by atoms with E-state index in [1.54, 1.807) is 0 Å². The Morgan fingerprint density at radius 2 is 2.13 bits per heavy atom. The maximum atomic E-state index is 11.5. The van der Waals surface area contributed by atoms with Gasteiger partial charge in [-0.05, 0) is 18.3 Å². The highest BCUT2D eigenvalue weighted by atomic mass is 35.5. The van der Waals surface area contributed by atoms with Crippen molar-refractivity contribution in [3.63, 3.8) is 0 Å². The van der Waals surface area contributed by atoms with E-state index in [-0.39, 0.29) is 29.7 Å². The van der Waals surface area contributed by atoms with Crippen LogP contribution in [0, 0.1) is 11.3 Å². The summed E-state index contributed by atoms with van der Waals surface area (Å²) in [6, 6.07) is 0. The minimum absolute atomic E-state index is 0.0129. The average Bonchev–Trinajstić information content (AvgIpc) is 2.86. The molecule has 1 saturated carbocycles. The molecule has 86 valence electrons. The summed E-state index contributed by atoms with van der Waals surface area (Å²) in [7, 11) is 0. The van der Waals surface area contributed by atoms with Crippen LogP contribution < -0.4 is 0 Å². The van der Waals surface area contributed by atoms with Crippen LogP contribution >= 0.6 is 11.6 Å². The Labute approximate surface area is 95.4 Å². The molecular formula is C11H18ClNO2. The van der Waals surface area contributed by atoms with Crippen molar-refractivity contribution in [1.29, 1.82) is 0 Å². The Kier molecular flexibility index (Phi) is 3.21. The maximum Gasteiger partial charge on any atom is 0.237 e. The third-order valence-corrected chi connectivity index (χ3v) is 4.33. The molecule has 0 aromatic carbocycles. The summed E-state index contributed by atoms with van der Waals surface area (Å²) in [5.74, 6) is 0.347. The highest BCUT2D eigenvalue weighted by Crippen LogP contribution is 2.48. The predicted octanol–water partition coefficient (Wildman–Crippen LogP) is 1.24. The Hall–Kier alpha value is -0.280. The first-order valence-corrected chi connectivity index (χ1v) is 6.20. The molecule has 2 fully saturated rings. The third-order valence-electron chi connectivity index (χ3n) is 4.10. The minimum Gasteiger partial charge on any atom is -0.396 e. The lowest BCUT2D eigenvalue weighted by Gasteiger charge is -2.28. The van der Waals surface area contributed by atoms with E-state index >= 15 is 0 Å². The van der Waals surface area contributed by atoms with Gasteiger partial charge in [-0.3, -0.25) is 4.79 Å². The van der Waals surface area contributed by atoms with E-state index in [1.165, 1.54) is 12.8 Å². The van der Waals surface area contributed by atoms with Crippen LogP contribution in [0.3, 0.4) is 0 Å². The number of amides is 1. The topological polar surface area (TPSA) is 40.5 Å². The molecule has 15 heavy (non-hydrogen) atoms. The summed E-state index contributed by atoms with van der Waals surface area (Å²) in [6.45, 7) is 1.71. The zero-order chi connectivity index (χ0) is 10.9. The van der Waals surface area contributed by atoms with Crippen molar-refractivity contribution < 1.29 is 9.90 Å². The molecule has 1 aliphatic heterocycles. The lowest BCUT2D eigenvalue weighted by atomic mass is 9.77. The van der Waals surface area contributed by atoms with Crippen molar-refractivity contribution in [2.45, 2.75) is 25.7 Å². The molecule has 0 aromatic rings. The van der Waals surface area contributed by atoms with E-state index in [4.69, 9.17) is 11.6 Å². The molecule has 0 unspecified atom stereocenters. The zero-order valence-electron chi connectivity index (χ0n) is 8.91. The molecule has 1 aliphatic carbocycles. The van der Waals surface area contributed by atoms with Gasteiger partial charge in [-0.15, -0.1) is 11.6 Å². The Morgan fingerprint density at radius 3 is 2.67 bits per heavy atom. The minimum atomic E-state index is 0.0129. The van der Waals surface area contributed by atoms with Crippen LogP contribution in [-0.4, -0.2) is 41.5 Å². The molecule has 1 amide bonds. The van der Waals surface area contributed by atoms with Gasteiger partial charge in [0.2, 0.25) is 5.91 Å². The summed E-state index contributed by atoms with van der Waals surface area (Å²) in [5, 5.41) is 9.39. The standard InChI is InChI=1S/C11H18ClNO2/c12-5-10(15)13-6-9(7-14)11(8-13)3-1-2-4-11/h9,14H,1-8H2/t9-/m0/s1. The molecule has 0 bridgehead atoms. The monoisotopic (exact) mass is 231 g/mol. The maximum absolute atomic E-state index is 11.5. The van der Waals surface area contributed by atoms with Gasteiger partial charge in [0.15, 0.2) is 0 Å². The number of likely N-dealkylation sites (tertiary alicyclic amines) is 1. The predicted molar refractivity (Wildman–Crippen MR) is 58.8 cm³/mol. The molecular weight excluding hydrogens is 214 g/mol. The van der Waals surface area contributed by atoms with E-state index in [9.17, 15) is 9.90 Å². The van der Waals surface area contributed by atoms with Crippen molar-refractivity contribution in [1.82, 2.24) is 4.90 Å². The molecule has 0 radical (unpaired) electrons. The van der Waals surface area contributed by atoms with Crippen LogP contribution in [0.2, 0.25) is 0 Å². The fourth-order valence-corrected chi connectivity index (χ4v) is 3.37. The molecule has 4 heteroatoms. The second-order valence-electron chi connectivity index (χ2n) is 4.86. The Balaban J connectivity index is 2.09. The number of carbonyl (C=O) groups is 1. The number of alkyl halides is 1. The van der Waals surface area contributed by atoms with Crippen LogP contribution in [-0.2, 0) is 4.79 Å². The second-order valence-corrected chi connectivity index (χ2v) is 5.12. The molecule has 1 N–H and O–H groups in total. The summed E-state index contributed by atoms with van der Waals surface area (Å²) in [4.78, 5) is 13.4. The third kappa shape index (κ3) is 1.87. The number of hydrogen-bond acceptors (Lipinski definition) is 2. The van der Waals surface area contributed by atoms with Crippen LogP contribution in [0.15, 0.2) is 0 Å². The molecule has 2 rings (SSSR count). The van der Waals surface area contributed by atoms with Crippen LogP contribution in [0.25, 0.3) is 0 Å².